The molecule has 1 aromatic heterocycles. The lowest BCUT2D eigenvalue weighted by Crippen LogP contribution is -2.29. The second-order valence-corrected chi connectivity index (χ2v) is 8.77. The Hall–Kier alpha value is -3.53. The fraction of sp³-hybridized carbons (Fsp3) is 0.238. The van der Waals surface area contributed by atoms with E-state index >= 15 is 0 Å². The second-order valence-electron chi connectivity index (χ2n) is 6.96. The smallest absolute Gasteiger partial charge is 0.283 e. The van der Waals surface area contributed by atoms with Gasteiger partial charge in [-0.1, -0.05) is 18.2 Å². The first-order chi connectivity index (χ1) is 14.9. The minimum absolute atomic E-state index is 0.0898. The van der Waals surface area contributed by atoms with Crippen LogP contribution >= 0.6 is 0 Å². The van der Waals surface area contributed by atoms with Gasteiger partial charge in [-0.2, -0.15) is 8.42 Å². The van der Waals surface area contributed by atoms with Gasteiger partial charge in [0.05, 0.1) is 26.2 Å². The Morgan fingerprint density at radius 1 is 1.13 bits per heavy atom. The van der Waals surface area contributed by atoms with Crippen LogP contribution in [-0.2, 0) is 27.8 Å². The maximum atomic E-state index is 13.0. The number of fused-ring (bicyclic) bond motifs is 1. The van der Waals surface area contributed by atoms with Gasteiger partial charge in [0.15, 0.2) is 16.5 Å². The van der Waals surface area contributed by atoms with Crippen molar-refractivity contribution in [3.63, 3.8) is 0 Å². The van der Waals surface area contributed by atoms with Gasteiger partial charge in [0.25, 0.3) is 10.0 Å². The number of rotatable bonds is 7. The van der Waals surface area contributed by atoms with Gasteiger partial charge in [0.1, 0.15) is 6.54 Å². The number of carbonyl (C=O) groups is 1. The van der Waals surface area contributed by atoms with Crippen LogP contribution in [0.25, 0.3) is 0 Å². The van der Waals surface area contributed by atoms with Crippen molar-refractivity contribution in [1.82, 2.24) is 9.55 Å². The predicted molar refractivity (Wildman–Crippen MR) is 115 cm³/mol. The highest BCUT2D eigenvalue weighted by Crippen LogP contribution is 2.32. The van der Waals surface area contributed by atoms with Crippen LogP contribution in [0.1, 0.15) is 5.56 Å². The standard InChI is InChI=1S/C21H22N4O5S/c1-29-18-8-7-16(11-19(18)30-2)23-20(26)12-24-13-21(22-14-24)31(27,28)25-10-9-15-5-3-4-6-17(15)25/h3-8,11,13-14H,9-10,12H2,1-2H3,(H,23,26). The molecule has 0 fully saturated rings. The molecule has 1 amide bonds. The molecule has 162 valence electrons. The van der Waals surface area contributed by atoms with E-state index in [2.05, 4.69) is 10.3 Å². The molecule has 0 atom stereocenters. The molecule has 0 aliphatic carbocycles. The molecule has 2 aromatic carbocycles. The monoisotopic (exact) mass is 442 g/mol. The molecule has 1 aliphatic heterocycles. The van der Waals surface area contributed by atoms with Gasteiger partial charge in [-0.05, 0) is 30.2 Å². The van der Waals surface area contributed by atoms with Crippen LogP contribution in [0.4, 0.5) is 11.4 Å². The normalized spacial score (nSPS) is 13.0. The summed E-state index contributed by atoms with van der Waals surface area (Å²) in [4.78, 5) is 16.5. The lowest BCUT2D eigenvalue weighted by Gasteiger charge is -2.17. The number of aromatic nitrogens is 2. The molecule has 10 heteroatoms. The van der Waals surface area contributed by atoms with Crippen LogP contribution in [-0.4, -0.2) is 44.6 Å². The Morgan fingerprint density at radius 3 is 2.68 bits per heavy atom. The highest BCUT2D eigenvalue weighted by atomic mass is 32.2. The number of imidazole rings is 1. The molecule has 9 nitrogen and oxygen atoms in total. The first kappa shape index (κ1) is 20.7. The molecule has 0 radical (unpaired) electrons. The summed E-state index contributed by atoms with van der Waals surface area (Å²) >= 11 is 0. The molecule has 31 heavy (non-hydrogen) atoms. The number of hydrogen-bond donors (Lipinski definition) is 1. The molecule has 0 saturated carbocycles. The maximum Gasteiger partial charge on any atom is 0.283 e. The first-order valence-corrected chi connectivity index (χ1v) is 11.0. The number of para-hydroxylation sites is 1. The number of hydrogen-bond acceptors (Lipinski definition) is 6. The van der Waals surface area contributed by atoms with Crippen LogP contribution in [0.2, 0.25) is 0 Å². The average Bonchev–Trinajstić information content (AvgIpc) is 3.41. The summed E-state index contributed by atoms with van der Waals surface area (Å²) in [6.45, 7) is 0.280. The number of nitrogens with one attached hydrogen (secondary N) is 1. The topological polar surface area (TPSA) is 103 Å². The number of sulfonamides is 1. The third-order valence-electron chi connectivity index (χ3n) is 5.00. The summed E-state index contributed by atoms with van der Waals surface area (Å²) in [6.07, 6.45) is 3.36. The molecule has 4 rings (SSSR count). The summed E-state index contributed by atoms with van der Waals surface area (Å²) in [5.74, 6) is 0.704. The van der Waals surface area contributed by atoms with Gasteiger partial charge in [-0.3, -0.25) is 9.10 Å². The van der Waals surface area contributed by atoms with E-state index in [4.69, 9.17) is 9.47 Å². The van der Waals surface area contributed by atoms with Crippen molar-refractivity contribution in [2.45, 2.75) is 18.0 Å². The number of nitrogens with zero attached hydrogens (tertiary/aromatic N) is 3. The molecular formula is C21H22N4O5S. The molecule has 0 unspecified atom stereocenters. The summed E-state index contributed by atoms with van der Waals surface area (Å²) in [7, 11) is -0.765. The van der Waals surface area contributed by atoms with E-state index in [1.807, 2.05) is 18.2 Å². The maximum absolute atomic E-state index is 13.0. The number of amides is 1. The third-order valence-corrected chi connectivity index (χ3v) is 6.70. The van der Waals surface area contributed by atoms with Crippen LogP contribution in [0, 0.1) is 0 Å². The molecule has 1 aliphatic rings. The Labute approximate surface area is 180 Å². The molecule has 0 saturated heterocycles. The van der Waals surface area contributed by atoms with Crippen LogP contribution < -0.4 is 19.1 Å². The summed E-state index contributed by atoms with van der Waals surface area (Å²) < 4.78 is 39.3. The Balaban J connectivity index is 1.46. The Bertz CT molecular complexity index is 1220. The highest BCUT2D eigenvalue weighted by Gasteiger charge is 2.32. The van der Waals surface area contributed by atoms with Crippen molar-refractivity contribution < 1.29 is 22.7 Å². The minimum atomic E-state index is -3.80. The summed E-state index contributed by atoms with van der Waals surface area (Å²) in [5.41, 5.74) is 2.19. The van der Waals surface area contributed by atoms with E-state index in [9.17, 15) is 13.2 Å². The van der Waals surface area contributed by atoms with Gasteiger partial charge < -0.3 is 19.4 Å². The van der Waals surface area contributed by atoms with Gasteiger partial charge in [-0.25, -0.2) is 4.98 Å². The van der Waals surface area contributed by atoms with E-state index in [0.29, 0.717) is 35.8 Å². The first-order valence-electron chi connectivity index (χ1n) is 9.56. The number of anilines is 2. The van der Waals surface area contributed by atoms with E-state index in [0.717, 1.165) is 5.56 Å². The molecule has 0 spiro atoms. The van der Waals surface area contributed by atoms with Crippen molar-refractivity contribution in [1.29, 1.82) is 0 Å². The number of benzene rings is 2. The number of ether oxygens (including phenoxy) is 2. The minimum Gasteiger partial charge on any atom is -0.493 e. The second kappa shape index (κ2) is 8.31. The fourth-order valence-corrected chi connectivity index (χ4v) is 4.95. The third kappa shape index (κ3) is 4.06. The zero-order valence-corrected chi connectivity index (χ0v) is 17.9. The predicted octanol–water partition coefficient (Wildman–Crippen LogP) is 2.29. The van der Waals surface area contributed by atoms with Crippen LogP contribution in [0.5, 0.6) is 11.5 Å². The highest BCUT2D eigenvalue weighted by molar-refractivity contribution is 7.92. The van der Waals surface area contributed by atoms with E-state index in [1.54, 1.807) is 24.3 Å². The summed E-state index contributed by atoms with van der Waals surface area (Å²) in [5, 5.41) is 2.66. The quantitative estimate of drug-likeness (QED) is 0.602. The Morgan fingerprint density at radius 2 is 1.90 bits per heavy atom. The van der Waals surface area contributed by atoms with Gasteiger partial charge >= 0.3 is 0 Å². The number of carbonyl (C=O) groups excluding carboxylic acids is 1. The zero-order chi connectivity index (χ0) is 22.0. The van der Waals surface area contributed by atoms with Crippen molar-refractivity contribution in [2.24, 2.45) is 0 Å². The molecule has 1 N–H and O–H groups in total. The van der Waals surface area contributed by atoms with Crippen LogP contribution in [0.15, 0.2) is 60.0 Å². The lowest BCUT2D eigenvalue weighted by molar-refractivity contribution is -0.116. The number of methoxy groups -OCH3 is 2. The fourth-order valence-electron chi connectivity index (χ4n) is 3.51. The molecule has 2 heterocycles. The molecule has 0 bridgehead atoms. The van der Waals surface area contributed by atoms with Crippen LogP contribution in [0.3, 0.4) is 0 Å². The molecule has 3 aromatic rings. The average molecular weight is 442 g/mol. The summed E-state index contributed by atoms with van der Waals surface area (Å²) in [6, 6.07) is 12.4. The van der Waals surface area contributed by atoms with E-state index < -0.39 is 10.0 Å². The van der Waals surface area contributed by atoms with Gasteiger partial charge in [0.2, 0.25) is 5.91 Å². The van der Waals surface area contributed by atoms with Crippen molar-refractivity contribution in [3.05, 3.63) is 60.6 Å². The Kier molecular flexibility index (Phi) is 5.55. The zero-order valence-electron chi connectivity index (χ0n) is 17.1. The largest absolute Gasteiger partial charge is 0.493 e. The van der Waals surface area contributed by atoms with Crippen molar-refractivity contribution in [2.75, 3.05) is 30.4 Å². The van der Waals surface area contributed by atoms with E-state index in [-0.39, 0.29) is 17.5 Å². The van der Waals surface area contributed by atoms with Gasteiger partial charge in [-0.15, -0.1) is 0 Å². The van der Waals surface area contributed by atoms with Gasteiger partial charge in [0, 0.05) is 24.5 Å². The SMILES string of the molecule is COc1ccc(NC(=O)Cn2cnc(S(=O)(=O)N3CCc4ccccc43)c2)cc1OC. The van der Waals surface area contributed by atoms with Crippen molar-refractivity contribution in [3.8, 4) is 11.5 Å². The van der Waals surface area contributed by atoms with Crippen molar-refractivity contribution >= 4 is 27.3 Å². The lowest BCUT2D eigenvalue weighted by atomic mass is 10.2. The molecular weight excluding hydrogens is 420 g/mol. The van der Waals surface area contributed by atoms with E-state index in [1.165, 1.54) is 35.6 Å².